The van der Waals surface area contributed by atoms with Crippen LogP contribution >= 0.6 is 11.8 Å². The zero-order chi connectivity index (χ0) is 14.9. The van der Waals surface area contributed by atoms with Crippen LogP contribution in [-0.2, 0) is 12.0 Å². The molecule has 1 aliphatic rings. The molecule has 0 radical (unpaired) electrons. The number of pyridine rings is 1. The van der Waals surface area contributed by atoms with E-state index in [1.54, 1.807) is 0 Å². The highest BCUT2D eigenvalue weighted by Crippen LogP contribution is 2.30. The Morgan fingerprint density at radius 1 is 1.25 bits per heavy atom. The number of thioether (sulfide) groups is 1. The van der Waals surface area contributed by atoms with E-state index in [1.807, 2.05) is 0 Å². The summed E-state index contributed by atoms with van der Waals surface area (Å²) in [6.45, 7) is 13.9. The molecule has 0 saturated carbocycles. The standard InChI is InChI=1S/C16H27N3S/c1-11-9-19(10-12(2)20-11)15-7-13(8-17)6-14(18-15)16(3,4)5/h6-7,11-12H,8-10,17H2,1-5H3. The summed E-state index contributed by atoms with van der Waals surface area (Å²) in [5, 5.41) is 1.31. The third kappa shape index (κ3) is 3.67. The van der Waals surface area contributed by atoms with Crippen molar-refractivity contribution in [2.45, 2.75) is 57.1 Å². The molecule has 20 heavy (non-hydrogen) atoms. The molecule has 2 atom stereocenters. The van der Waals surface area contributed by atoms with Crippen molar-refractivity contribution < 1.29 is 0 Å². The monoisotopic (exact) mass is 293 g/mol. The Morgan fingerprint density at radius 2 is 1.85 bits per heavy atom. The molecule has 0 aromatic carbocycles. The normalized spacial score (nSPS) is 24.0. The summed E-state index contributed by atoms with van der Waals surface area (Å²) >= 11 is 2.07. The van der Waals surface area contributed by atoms with E-state index in [1.165, 1.54) is 5.56 Å². The fraction of sp³-hybridized carbons (Fsp3) is 0.688. The number of nitrogens with zero attached hydrogens (tertiary/aromatic N) is 2. The first-order valence-corrected chi connectivity index (χ1v) is 8.36. The zero-order valence-corrected chi connectivity index (χ0v) is 14.1. The van der Waals surface area contributed by atoms with Crippen molar-refractivity contribution in [3.63, 3.8) is 0 Å². The molecule has 112 valence electrons. The lowest BCUT2D eigenvalue weighted by Crippen LogP contribution is -2.41. The van der Waals surface area contributed by atoms with Crippen LogP contribution in [-0.4, -0.2) is 28.6 Å². The highest BCUT2D eigenvalue weighted by molar-refractivity contribution is 8.00. The fourth-order valence-corrected chi connectivity index (χ4v) is 3.93. The number of nitrogens with two attached hydrogens (primary N) is 1. The van der Waals surface area contributed by atoms with Gasteiger partial charge in [0.05, 0.1) is 0 Å². The van der Waals surface area contributed by atoms with Gasteiger partial charge in [-0.15, -0.1) is 0 Å². The van der Waals surface area contributed by atoms with Crippen molar-refractivity contribution in [1.29, 1.82) is 0 Å². The number of hydrogen-bond acceptors (Lipinski definition) is 4. The van der Waals surface area contributed by atoms with Crippen molar-refractivity contribution in [1.82, 2.24) is 4.98 Å². The average Bonchev–Trinajstić information content (AvgIpc) is 2.36. The Kier molecular flexibility index (Phi) is 4.65. The van der Waals surface area contributed by atoms with E-state index in [9.17, 15) is 0 Å². The minimum Gasteiger partial charge on any atom is -0.354 e. The average molecular weight is 293 g/mol. The molecule has 3 nitrogen and oxygen atoms in total. The Morgan fingerprint density at radius 3 is 2.35 bits per heavy atom. The predicted molar refractivity (Wildman–Crippen MR) is 89.6 cm³/mol. The molecule has 1 aliphatic heterocycles. The first-order chi connectivity index (χ1) is 9.29. The van der Waals surface area contributed by atoms with Gasteiger partial charge in [-0.2, -0.15) is 11.8 Å². The van der Waals surface area contributed by atoms with Gasteiger partial charge < -0.3 is 10.6 Å². The molecule has 1 fully saturated rings. The Balaban J connectivity index is 2.35. The van der Waals surface area contributed by atoms with Gasteiger partial charge in [0.2, 0.25) is 0 Å². The topological polar surface area (TPSA) is 42.1 Å². The van der Waals surface area contributed by atoms with Crippen LogP contribution < -0.4 is 10.6 Å². The predicted octanol–water partition coefficient (Wildman–Crippen LogP) is 3.17. The SMILES string of the molecule is CC1CN(c2cc(CN)cc(C(C)(C)C)n2)CC(C)S1. The molecule has 1 aromatic rings. The second-order valence-corrected chi connectivity index (χ2v) is 8.72. The Labute approximate surface area is 127 Å². The van der Waals surface area contributed by atoms with Crippen LogP contribution in [0.2, 0.25) is 0 Å². The smallest absolute Gasteiger partial charge is 0.129 e. The lowest BCUT2D eigenvalue weighted by atomic mass is 9.90. The summed E-state index contributed by atoms with van der Waals surface area (Å²) < 4.78 is 0. The molecule has 1 aromatic heterocycles. The van der Waals surface area contributed by atoms with Crippen LogP contribution in [0.3, 0.4) is 0 Å². The molecule has 1 saturated heterocycles. The molecule has 0 bridgehead atoms. The molecule has 0 amide bonds. The van der Waals surface area contributed by atoms with E-state index >= 15 is 0 Å². The molecule has 2 rings (SSSR count). The van der Waals surface area contributed by atoms with E-state index in [4.69, 9.17) is 10.7 Å². The Bertz CT molecular complexity index is 457. The maximum atomic E-state index is 5.86. The van der Waals surface area contributed by atoms with Crippen molar-refractivity contribution >= 4 is 17.6 Å². The molecular weight excluding hydrogens is 266 g/mol. The summed E-state index contributed by atoms with van der Waals surface area (Å²) in [5.74, 6) is 1.09. The molecule has 0 spiro atoms. The molecule has 4 heteroatoms. The van der Waals surface area contributed by atoms with Gasteiger partial charge in [-0.25, -0.2) is 4.98 Å². The van der Waals surface area contributed by atoms with Crippen LogP contribution in [0.4, 0.5) is 5.82 Å². The third-order valence-corrected chi connectivity index (χ3v) is 4.85. The minimum atomic E-state index is 0.0572. The van der Waals surface area contributed by atoms with Crippen LogP contribution in [0.5, 0.6) is 0 Å². The largest absolute Gasteiger partial charge is 0.354 e. The second-order valence-electron chi connectivity index (χ2n) is 6.84. The van der Waals surface area contributed by atoms with Gasteiger partial charge in [-0.3, -0.25) is 0 Å². The van der Waals surface area contributed by atoms with Gasteiger partial charge in [0.15, 0.2) is 0 Å². The fourth-order valence-electron chi connectivity index (χ4n) is 2.60. The molecular formula is C16H27N3S. The van der Waals surface area contributed by atoms with Crippen molar-refractivity contribution in [2.75, 3.05) is 18.0 Å². The molecule has 0 aliphatic carbocycles. The highest BCUT2D eigenvalue weighted by Gasteiger charge is 2.25. The van der Waals surface area contributed by atoms with Crippen LogP contribution in [0.25, 0.3) is 0 Å². The maximum Gasteiger partial charge on any atom is 0.129 e. The van der Waals surface area contributed by atoms with Gasteiger partial charge in [-0.1, -0.05) is 34.6 Å². The first kappa shape index (κ1) is 15.6. The number of aromatic nitrogens is 1. The van der Waals surface area contributed by atoms with Gasteiger partial charge in [0.25, 0.3) is 0 Å². The maximum absolute atomic E-state index is 5.86. The minimum absolute atomic E-state index is 0.0572. The van der Waals surface area contributed by atoms with Gasteiger partial charge in [-0.05, 0) is 17.7 Å². The number of hydrogen-bond donors (Lipinski definition) is 1. The van der Waals surface area contributed by atoms with E-state index in [0.717, 1.165) is 24.6 Å². The van der Waals surface area contributed by atoms with E-state index < -0.39 is 0 Å². The first-order valence-electron chi connectivity index (χ1n) is 7.41. The highest BCUT2D eigenvalue weighted by atomic mass is 32.2. The zero-order valence-electron chi connectivity index (χ0n) is 13.3. The lowest BCUT2D eigenvalue weighted by molar-refractivity contribution is 0.565. The quantitative estimate of drug-likeness (QED) is 0.909. The van der Waals surface area contributed by atoms with Gasteiger partial charge in [0, 0.05) is 41.2 Å². The lowest BCUT2D eigenvalue weighted by Gasteiger charge is -2.36. The van der Waals surface area contributed by atoms with Gasteiger partial charge >= 0.3 is 0 Å². The number of anilines is 1. The van der Waals surface area contributed by atoms with Crippen LogP contribution in [0.15, 0.2) is 12.1 Å². The molecule has 2 N–H and O–H groups in total. The molecule has 2 heterocycles. The van der Waals surface area contributed by atoms with Crippen molar-refractivity contribution in [3.05, 3.63) is 23.4 Å². The second kappa shape index (κ2) is 5.94. The summed E-state index contributed by atoms with van der Waals surface area (Å²) in [6.07, 6.45) is 0. The molecule has 2 unspecified atom stereocenters. The van der Waals surface area contributed by atoms with E-state index in [2.05, 4.69) is 63.4 Å². The van der Waals surface area contributed by atoms with Crippen molar-refractivity contribution in [2.24, 2.45) is 5.73 Å². The summed E-state index contributed by atoms with van der Waals surface area (Å²) in [6, 6.07) is 4.31. The van der Waals surface area contributed by atoms with Crippen LogP contribution in [0.1, 0.15) is 45.9 Å². The summed E-state index contributed by atoms with van der Waals surface area (Å²) in [4.78, 5) is 7.32. The van der Waals surface area contributed by atoms with Crippen LogP contribution in [0, 0.1) is 0 Å². The van der Waals surface area contributed by atoms with E-state index in [-0.39, 0.29) is 5.41 Å². The van der Waals surface area contributed by atoms with Gasteiger partial charge in [0.1, 0.15) is 5.82 Å². The number of rotatable bonds is 2. The third-order valence-electron chi connectivity index (χ3n) is 3.62. The summed E-state index contributed by atoms with van der Waals surface area (Å²) in [7, 11) is 0. The summed E-state index contributed by atoms with van der Waals surface area (Å²) in [5.41, 5.74) is 8.23. The Hall–Kier alpha value is -0.740. The van der Waals surface area contributed by atoms with Crippen molar-refractivity contribution in [3.8, 4) is 0 Å². The van der Waals surface area contributed by atoms with E-state index in [0.29, 0.717) is 17.0 Å².